The molecular weight excluding hydrogens is 270 g/mol. The predicted octanol–water partition coefficient (Wildman–Crippen LogP) is 1.12. The Bertz CT molecular complexity index is 323. The minimum atomic E-state index is 0.0819. The Kier molecular flexibility index (Phi) is 5.40. The zero-order valence-electron chi connectivity index (χ0n) is 10.1. The zero-order chi connectivity index (χ0) is 12.1. The van der Waals surface area contributed by atoms with E-state index in [1.807, 2.05) is 25.0 Å². The first-order valence-electron chi connectivity index (χ1n) is 5.42. The van der Waals surface area contributed by atoms with Crippen LogP contribution in [0.5, 0.6) is 0 Å². The smallest absolute Gasteiger partial charge is 0.0767 e. The average Bonchev–Trinajstić information content (AvgIpc) is 2.57. The standard InChI is InChI=1S/C10H20BrN5/c1-4-5-16-10(8(11)6-13-16)9(14-12)7-15(2)3/h6,9,14H,4-5,7,12H2,1-3H3. The number of aromatic nitrogens is 2. The van der Waals surface area contributed by atoms with Crippen LogP contribution in [0.2, 0.25) is 0 Å². The summed E-state index contributed by atoms with van der Waals surface area (Å²) in [5.41, 5.74) is 3.95. The number of nitrogens with zero attached hydrogens (tertiary/aromatic N) is 3. The van der Waals surface area contributed by atoms with Gasteiger partial charge in [-0.25, -0.2) is 0 Å². The van der Waals surface area contributed by atoms with Crippen molar-refractivity contribution in [3.8, 4) is 0 Å². The van der Waals surface area contributed by atoms with Crippen molar-refractivity contribution in [2.75, 3.05) is 20.6 Å². The van der Waals surface area contributed by atoms with Gasteiger partial charge in [0, 0.05) is 13.1 Å². The number of likely N-dealkylation sites (N-methyl/N-ethyl adjacent to an activating group) is 1. The lowest BCUT2D eigenvalue weighted by atomic mass is 10.2. The lowest BCUT2D eigenvalue weighted by molar-refractivity contribution is 0.330. The second-order valence-electron chi connectivity index (χ2n) is 4.08. The van der Waals surface area contributed by atoms with E-state index in [1.165, 1.54) is 0 Å². The first-order chi connectivity index (χ1) is 7.60. The Morgan fingerprint density at radius 2 is 2.31 bits per heavy atom. The lowest BCUT2D eigenvalue weighted by Crippen LogP contribution is -2.37. The zero-order valence-corrected chi connectivity index (χ0v) is 11.7. The van der Waals surface area contributed by atoms with Gasteiger partial charge in [-0.05, 0) is 36.4 Å². The number of hydrazine groups is 1. The second kappa shape index (κ2) is 6.34. The number of hydrogen-bond acceptors (Lipinski definition) is 4. The van der Waals surface area contributed by atoms with Gasteiger partial charge in [-0.1, -0.05) is 6.92 Å². The molecule has 92 valence electrons. The highest BCUT2D eigenvalue weighted by Crippen LogP contribution is 2.23. The van der Waals surface area contributed by atoms with E-state index in [0.717, 1.165) is 29.7 Å². The summed E-state index contributed by atoms with van der Waals surface area (Å²) in [5.74, 6) is 5.61. The van der Waals surface area contributed by atoms with Crippen LogP contribution in [0.1, 0.15) is 25.1 Å². The van der Waals surface area contributed by atoms with E-state index >= 15 is 0 Å². The Balaban J connectivity index is 2.93. The summed E-state index contributed by atoms with van der Waals surface area (Å²) in [4.78, 5) is 2.10. The molecule has 0 fully saturated rings. The monoisotopic (exact) mass is 289 g/mol. The third-order valence-electron chi connectivity index (χ3n) is 2.35. The van der Waals surface area contributed by atoms with Gasteiger partial charge in [0.2, 0.25) is 0 Å². The van der Waals surface area contributed by atoms with Crippen LogP contribution in [-0.2, 0) is 6.54 Å². The van der Waals surface area contributed by atoms with Crippen molar-refractivity contribution >= 4 is 15.9 Å². The maximum Gasteiger partial charge on any atom is 0.0767 e. The first-order valence-corrected chi connectivity index (χ1v) is 6.21. The molecule has 1 aromatic heterocycles. The van der Waals surface area contributed by atoms with Crippen LogP contribution < -0.4 is 11.3 Å². The first kappa shape index (κ1) is 13.6. The van der Waals surface area contributed by atoms with Crippen LogP contribution >= 0.6 is 15.9 Å². The van der Waals surface area contributed by atoms with Gasteiger partial charge in [0.15, 0.2) is 0 Å². The van der Waals surface area contributed by atoms with E-state index in [4.69, 9.17) is 5.84 Å². The van der Waals surface area contributed by atoms with Crippen molar-refractivity contribution in [3.63, 3.8) is 0 Å². The van der Waals surface area contributed by atoms with Crippen LogP contribution in [0.3, 0.4) is 0 Å². The summed E-state index contributed by atoms with van der Waals surface area (Å²) in [6.07, 6.45) is 2.88. The fourth-order valence-electron chi connectivity index (χ4n) is 1.69. The largest absolute Gasteiger partial charge is 0.307 e. The van der Waals surface area contributed by atoms with Crippen LogP contribution in [-0.4, -0.2) is 35.3 Å². The highest BCUT2D eigenvalue weighted by Gasteiger charge is 2.19. The van der Waals surface area contributed by atoms with E-state index in [9.17, 15) is 0 Å². The fraction of sp³-hybridized carbons (Fsp3) is 0.700. The summed E-state index contributed by atoms with van der Waals surface area (Å²) < 4.78 is 3.00. The SMILES string of the molecule is CCCn1ncc(Br)c1C(CN(C)C)NN. The van der Waals surface area contributed by atoms with Crippen LogP contribution in [0.15, 0.2) is 10.7 Å². The molecule has 5 nitrogen and oxygen atoms in total. The van der Waals surface area contributed by atoms with Crippen molar-refractivity contribution in [1.82, 2.24) is 20.1 Å². The maximum absolute atomic E-state index is 5.61. The third kappa shape index (κ3) is 3.28. The van der Waals surface area contributed by atoms with Crippen molar-refractivity contribution in [2.24, 2.45) is 5.84 Å². The number of nitrogens with one attached hydrogen (secondary N) is 1. The number of aryl methyl sites for hydroxylation is 1. The molecule has 0 aromatic carbocycles. The molecule has 0 saturated heterocycles. The molecule has 0 saturated carbocycles. The minimum Gasteiger partial charge on any atom is -0.307 e. The number of hydrogen-bond donors (Lipinski definition) is 2. The maximum atomic E-state index is 5.61. The van der Waals surface area contributed by atoms with Crippen LogP contribution in [0, 0.1) is 0 Å². The molecule has 0 spiro atoms. The molecule has 1 heterocycles. The molecule has 1 rings (SSSR count). The van der Waals surface area contributed by atoms with Crippen molar-refractivity contribution in [1.29, 1.82) is 0 Å². The Labute approximate surface area is 105 Å². The number of nitrogens with two attached hydrogens (primary N) is 1. The highest BCUT2D eigenvalue weighted by molar-refractivity contribution is 9.10. The lowest BCUT2D eigenvalue weighted by Gasteiger charge is -2.21. The van der Waals surface area contributed by atoms with Crippen molar-refractivity contribution in [2.45, 2.75) is 25.9 Å². The molecule has 1 unspecified atom stereocenters. The molecule has 0 aliphatic rings. The molecule has 3 N–H and O–H groups in total. The van der Waals surface area contributed by atoms with E-state index in [1.54, 1.807) is 0 Å². The van der Waals surface area contributed by atoms with Gasteiger partial charge in [0.1, 0.15) is 0 Å². The van der Waals surface area contributed by atoms with Gasteiger partial charge in [0.25, 0.3) is 0 Å². The van der Waals surface area contributed by atoms with Gasteiger partial charge in [-0.2, -0.15) is 5.10 Å². The van der Waals surface area contributed by atoms with Gasteiger partial charge in [-0.3, -0.25) is 16.0 Å². The summed E-state index contributed by atoms with van der Waals surface area (Å²) in [5, 5.41) is 4.34. The topological polar surface area (TPSA) is 59.1 Å². The quantitative estimate of drug-likeness (QED) is 0.609. The summed E-state index contributed by atoms with van der Waals surface area (Å²) >= 11 is 3.52. The average molecular weight is 290 g/mol. The Morgan fingerprint density at radius 1 is 1.62 bits per heavy atom. The fourth-order valence-corrected chi connectivity index (χ4v) is 2.26. The van der Waals surface area contributed by atoms with E-state index in [0.29, 0.717) is 0 Å². The molecule has 0 radical (unpaired) electrons. The molecule has 0 aliphatic carbocycles. The summed E-state index contributed by atoms with van der Waals surface area (Å²) in [6.45, 7) is 3.88. The molecule has 6 heteroatoms. The summed E-state index contributed by atoms with van der Waals surface area (Å²) in [6, 6.07) is 0.0819. The molecule has 0 bridgehead atoms. The van der Waals surface area contributed by atoms with Crippen molar-refractivity contribution in [3.05, 3.63) is 16.4 Å². The molecule has 1 atom stereocenters. The van der Waals surface area contributed by atoms with Gasteiger partial charge < -0.3 is 4.90 Å². The van der Waals surface area contributed by atoms with E-state index in [-0.39, 0.29) is 6.04 Å². The minimum absolute atomic E-state index is 0.0819. The van der Waals surface area contributed by atoms with Gasteiger partial charge in [-0.15, -0.1) is 0 Å². The van der Waals surface area contributed by atoms with Gasteiger partial charge >= 0.3 is 0 Å². The third-order valence-corrected chi connectivity index (χ3v) is 2.96. The normalized spacial score (nSPS) is 13.4. The van der Waals surface area contributed by atoms with Crippen LogP contribution in [0.25, 0.3) is 0 Å². The second-order valence-corrected chi connectivity index (χ2v) is 4.94. The molecule has 16 heavy (non-hydrogen) atoms. The molecule has 1 aromatic rings. The van der Waals surface area contributed by atoms with Crippen LogP contribution in [0.4, 0.5) is 0 Å². The highest BCUT2D eigenvalue weighted by atomic mass is 79.9. The van der Waals surface area contributed by atoms with Gasteiger partial charge in [0.05, 0.1) is 22.4 Å². The predicted molar refractivity (Wildman–Crippen MR) is 68.8 cm³/mol. The Morgan fingerprint density at radius 3 is 2.81 bits per heavy atom. The number of halogens is 1. The van der Waals surface area contributed by atoms with E-state index < -0.39 is 0 Å². The number of rotatable bonds is 6. The molecular formula is C10H20BrN5. The molecule has 0 aliphatic heterocycles. The van der Waals surface area contributed by atoms with Crippen molar-refractivity contribution < 1.29 is 0 Å². The summed E-state index contributed by atoms with van der Waals surface area (Å²) in [7, 11) is 4.05. The van der Waals surface area contributed by atoms with E-state index in [2.05, 4.69) is 38.3 Å². The molecule has 0 amide bonds. The Hall–Kier alpha value is -0.430.